The predicted molar refractivity (Wildman–Crippen MR) is 49.4 cm³/mol. The van der Waals surface area contributed by atoms with Gasteiger partial charge in [0.1, 0.15) is 0 Å². The molecule has 3 nitrogen and oxygen atoms in total. The number of hydrogen-bond acceptors (Lipinski definition) is 2. The molecule has 1 fully saturated rings. The molecule has 0 radical (unpaired) electrons. The highest BCUT2D eigenvalue weighted by molar-refractivity contribution is 5.76. The summed E-state index contributed by atoms with van der Waals surface area (Å²) in [5.41, 5.74) is 0. The topological polar surface area (TPSA) is 47.3 Å². The number of amidine groups is 1. The first kappa shape index (κ1) is 9.52. The Hall–Kier alpha value is -0.570. The smallest absolute Gasteiger partial charge is 0.0925 e. The molecular formula is C9H18N2O. The molecule has 1 rings (SSSR count). The van der Waals surface area contributed by atoms with Gasteiger partial charge >= 0.3 is 0 Å². The molecular weight excluding hydrogens is 152 g/mol. The van der Waals surface area contributed by atoms with E-state index in [0.717, 1.165) is 32.4 Å². The molecule has 0 amide bonds. The molecule has 0 aliphatic carbocycles. The molecule has 1 aliphatic heterocycles. The lowest BCUT2D eigenvalue weighted by molar-refractivity contribution is 0.203. The van der Waals surface area contributed by atoms with Gasteiger partial charge in [-0.1, -0.05) is 0 Å². The van der Waals surface area contributed by atoms with Gasteiger partial charge in [0.2, 0.25) is 0 Å². The minimum absolute atomic E-state index is 0.314. The number of aliphatic hydroxyl groups excluding tert-OH is 1. The van der Waals surface area contributed by atoms with Crippen LogP contribution in [-0.2, 0) is 0 Å². The molecule has 0 saturated carbocycles. The molecule has 0 spiro atoms. The van der Waals surface area contributed by atoms with Crippen molar-refractivity contribution in [2.45, 2.75) is 26.2 Å². The Labute approximate surface area is 73.9 Å². The summed E-state index contributed by atoms with van der Waals surface area (Å²) in [5.74, 6) is 1.36. The summed E-state index contributed by atoms with van der Waals surface area (Å²) < 4.78 is 0. The molecule has 2 N–H and O–H groups in total. The number of nitrogens with one attached hydrogen (secondary N) is 1. The maximum atomic E-state index is 8.74. The van der Waals surface area contributed by atoms with Crippen LogP contribution in [-0.4, -0.2) is 35.5 Å². The summed E-state index contributed by atoms with van der Waals surface area (Å²) in [6.07, 6.45) is 3.21. The van der Waals surface area contributed by atoms with E-state index in [9.17, 15) is 0 Å². The first-order valence-electron chi connectivity index (χ1n) is 4.65. The van der Waals surface area contributed by atoms with E-state index in [-0.39, 0.29) is 0 Å². The SMILES string of the molecule is CC(=N)N1CCC(CCO)CC1. The monoisotopic (exact) mass is 170 g/mol. The first-order chi connectivity index (χ1) is 5.74. The third-order valence-corrected chi connectivity index (χ3v) is 2.63. The Morgan fingerprint density at radius 1 is 1.50 bits per heavy atom. The second kappa shape index (κ2) is 4.45. The lowest BCUT2D eigenvalue weighted by Gasteiger charge is -2.32. The molecule has 1 saturated heterocycles. The normalized spacial score (nSPS) is 19.7. The van der Waals surface area contributed by atoms with Gasteiger partial charge in [0.15, 0.2) is 0 Å². The Bertz CT molecular complexity index is 151. The van der Waals surface area contributed by atoms with Crippen molar-refractivity contribution >= 4 is 5.84 Å². The molecule has 70 valence electrons. The number of rotatable bonds is 2. The van der Waals surface area contributed by atoms with E-state index in [0.29, 0.717) is 18.4 Å². The van der Waals surface area contributed by atoms with Crippen LogP contribution in [0.15, 0.2) is 0 Å². The molecule has 0 unspecified atom stereocenters. The van der Waals surface area contributed by atoms with Crippen molar-refractivity contribution in [1.29, 1.82) is 5.41 Å². The van der Waals surface area contributed by atoms with Crippen LogP contribution in [0.2, 0.25) is 0 Å². The second-order valence-corrected chi connectivity index (χ2v) is 3.53. The molecule has 12 heavy (non-hydrogen) atoms. The van der Waals surface area contributed by atoms with Crippen LogP contribution in [0.1, 0.15) is 26.2 Å². The van der Waals surface area contributed by atoms with Crippen LogP contribution >= 0.6 is 0 Å². The number of likely N-dealkylation sites (tertiary alicyclic amines) is 1. The van der Waals surface area contributed by atoms with E-state index in [1.54, 1.807) is 0 Å². The van der Waals surface area contributed by atoms with Gasteiger partial charge in [-0.15, -0.1) is 0 Å². The number of aliphatic hydroxyl groups is 1. The van der Waals surface area contributed by atoms with Gasteiger partial charge in [-0.2, -0.15) is 0 Å². The zero-order chi connectivity index (χ0) is 8.97. The summed E-state index contributed by atoms with van der Waals surface area (Å²) >= 11 is 0. The number of piperidine rings is 1. The standard InChI is InChI=1S/C9H18N2O/c1-8(10)11-5-2-9(3-6-11)4-7-12/h9-10,12H,2-7H2,1H3. The lowest BCUT2D eigenvalue weighted by atomic mass is 9.94. The van der Waals surface area contributed by atoms with E-state index >= 15 is 0 Å². The van der Waals surface area contributed by atoms with Crippen LogP contribution in [0.3, 0.4) is 0 Å². The van der Waals surface area contributed by atoms with Gasteiger partial charge < -0.3 is 10.0 Å². The quantitative estimate of drug-likeness (QED) is 0.481. The summed E-state index contributed by atoms with van der Waals surface area (Å²) in [7, 11) is 0. The highest BCUT2D eigenvalue weighted by Gasteiger charge is 2.18. The van der Waals surface area contributed by atoms with Crippen LogP contribution < -0.4 is 0 Å². The lowest BCUT2D eigenvalue weighted by Crippen LogP contribution is -2.36. The van der Waals surface area contributed by atoms with Crippen molar-refractivity contribution in [2.24, 2.45) is 5.92 Å². The van der Waals surface area contributed by atoms with Crippen molar-refractivity contribution in [2.75, 3.05) is 19.7 Å². The van der Waals surface area contributed by atoms with Crippen LogP contribution in [0.4, 0.5) is 0 Å². The molecule has 0 bridgehead atoms. The van der Waals surface area contributed by atoms with E-state index < -0.39 is 0 Å². The maximum Gasteiger partial charge on any atom is 0.0925 e. The third-order valence-electron chi connectivity index (χ3n) is 2.63. The number of nitrogens with zero attached hydrogens (tertiary/aromatic N) is 1. The Morgan fingerprint density at radius 3 is 2.50 bits per heavy atom. The van der Waals surface area contributed by atoms with E-state index in [1.165, 1.54) is 0 Å². The minimum atomic E-state index is 0.314. The fraction of sp³-hybridized carbons (Fsp3) is 0.889. The van der Waals surface area contributed by atoms with Gasteiger partial charge in [0.05, 0.1) is 5.84 Å². The zero-order valence-corrected chi connectivity index (χ0v) is 7.71. The zero-order valence-electron chi connectivity index (χ0n) is 7.71. The van der Waals surface area contributed by atoms with Crippen LogP contribution in [0.5, 0.6) is 0 Å². The van der Waals surface area contributed by atoms with Gasteiger partial charge in [0, 0.05) is 19.7 Å². The first-order valence-corrected chi connectivity index (χ1v) is 4.65. The largest absolute Gasteiger partial charge is 0.396 e. The minimum Gasteiger partial charge on any atom is -0.396 e. The van der Waals surface area contributed by atoms with Crippen molar-refractivity contribution in [1.82, 2.24) is 4.90 Å². The Balaban J connectivity index is 2.25. The van der Waals surface area contributed by atoms with Crippen LogP contribution in [0, 0.1) is 11.3 Å². The van der Waals surface area contributed by atoms with Gasteiger partial charge in [-0.25, -0.2) is 0 Å². The molecule has 3 heteroatoms. The second-order valence-electron chi connectivity index (χ2n) is 3.53. The molecule has 0 aromatic carbocycles. The fourth-order valence-electron chi connectivity index (χ4n) is 1.74. The van der Waals surface area contributed by atoms with Gasteiger partial charge in [0.25, 0.3) is 0 Å². The summed E-state index contributed by atoms with van der Waals surface area (Å²) in [4.78, 5) is 2.11. The predicted octanol–water partition coefficient (Wildman–Crippen LogP) is 1.08. The Kier molecular flexibility index (Phi) is 3.53. The molecule has 0 aromatic rings. The molecule has 1 aliphatic rings. The highest BCUT2D eigenvalue weighted by Crippen LogP contribution is 2.19. The van der Waals surface area contributed by atoms with Crippen molar-refractivity contribution < 1.29 is 5.11 Å². The van der Waals surface area contributed by atoms with Crippen molar-refractivity contribution in [3.05, 3.63) is 0 Å². The number of hydrogen-bond donors (Lipinski definition) is 2. The van der Waals surface area contributed by atoms with E-state index in [1.807, 2.05) is 6.92 Å². The summed E-state index contributed by atoms with van der Waals surface area (Å²) in [6.45, 7) is 4.15. The summed E-state index contributed by atoms with van der Waals surface area (Å²) in [6, 6.07) is 0. The van der Waals surface area contributed by atoms with Crippen molar-refractivity contribution in [3.63, 3.8) is 0 Å². The highest BCUT2D eigenvalue weighted by atomic mass is 16.3. The average molecular weight is 170 g/mol. The van der Waals surface area contributed by atoms with Crippen LogP contribution in [0.25, 0.3) is 0 Å². The van der Waals surface area contributed by atoms with Crippen molar-refractivity contribution in [3.8, 4) is 0 Å². The fourth-order valence-corrected chi connectivity index (χ4v) is 1.74. The molecule has 0 atom stereocenters. The van der Waals surface area contributed by atoms with E-state index in [2.05, 4.69) is 4.90 Å². The molecule has 0 aromatic heterocycles. The Morgan fingerprint density at radius 2 is 2.08 bits per heavy atom. The van der Waals surface area contributed by atoms with E-state index in [4.69, 9.17) is 10.5 Å². The van der Waals surface area contributed by atoms with Gasteiger partial charge in [-0.05, 0) is 32.1 Å². The van der Waals surface area contributed by atoms with Gasteiger partial charge in [-0.3, -0.25) is 5.41 Å². The molecule has 1 heterocycles. The summed E-state index contributed by atoms with van der Waals surface area (Å²) in [5, 5.41) is 16.2. The average Bonchev–Trinajstić information content (AvgIpc) is 2.06. The maximum absolute atomic E-state index is 8.74. The third kappa shape index (κ3) is 2.48.